The molecule has 98 valence electrons. The molecule has 0 atom stereocenters. The van der Waals surface area contributed by atoms with Crippen molar-refractivity contribution in [2.24, 2.45) is 0 Å². The lowest BCUT2D eigenvalue weighted by molar-refractivity contribution is 0.174. The number of hydrogen-bond donors (Lipinski definition) is 1. The molecule has 0 saturated carbocycles. The molecule has 0 spiro atoms. The van der Waals surface area contributed by atoms with Gasteiger partial charge in [0.05, 0.1) is 6.20 Å². The van der Waals surface area contributed by atoms with E-state index in [1.54, 1.807) is 6.20 Å². The number of hydrogen-bond acceptors (Lipinski definition) is 5. The van der Waals surface area contributed by atoms with E-state index in [-0.39, 0.29) is 6.79 Å². The van der Waals surface area contributed by atoms with Gasteiger partial charge in [-0.25, -0.2) is 0 Å². The molecule has 5 heteroatoms. The van der Waals surface area contributed by atoms with Gasteiger partial charge in [0.25, 0.3) is 0 Å². The van der Waals surface area contributed by atoms with Gasteiger partial charge in [0.15, 0.2) is 11.5 Å². The first-order valence-corrected chi connectivity index (χ1v) is 6.01. The molecule has 0 saturated heterocycles. The van der Waals surface area contributed by atoms with Gasteiger partial charge < -0.3 is 19.5 Å². The predicted octanol–water partition coefficient (Wildman–Crippen LogP) is 2.32. The number of pyridine rings is 1. The van der Waals surface area contributed by atoms with Crippen LogP contribution >= 0.6 is 0 Å². The zero-order chi connectivity index (χ0) is 13.1. The number of nitrogens with zero attached hydrogens (tertiary/aromatic N) is 1. The van der Waals surface area contributed by atoms with Crippen molar-refractivity contribution in [1.29, 1.82) is 0 Å². The molecule has 19 heavy (non-hydrogen) atoms. The van der Waals surface area contributed by atoms with E-state index in [0.29, 0.717) is 17.2 Å². The van der Waals surface area contributed by atoms with Gasteiger partial charge in [-0.1, -0.05) is 0 Å². The molecule has 2 heterocycles. The van der Waals surface area contributed by atoms with Crippen molar-refractivity contribution in [1.82, 2.24) is 10.3 Å². The van der Waals surface area contributed by atoms with Crippen LogP contribution in [0.4, 0.5) is 0 Å². The zero-order valence-corrected chi connectivity index (χ0v) is 10.6. The first-order valence-electron chi connectivity index (χ1n) is 6.01. The van der Waals surface area contributed by atoms with Crippen LogP contribution in [0.15, 0.2) is 36.7 Å². The molecule has 1 aliphatic heterocycles. The first kappa shape index (κ1) is 11.8. The molecule has 3 rings (SSSR count). The average molecular weight is 258 g/mol. The first-order chi connectivity index (χ1) is 9.35. The van der Waals surface area contributed by atoms with Gasteiger partial charge in [0.2, 0.25) is 6.79 Å². The van der Waals surface area contributed by atoms with Gasteiger partial charge in [-0.3, -0.25) is 4.98 Å². The third-order valence-electron chi connectivity index (χ3n) is 2.73. The number of ether oxygens (including phenoxy) is 3. The summed E-state index contributed by atoms with van der Waals surface area (Å²) in [5.41, 5.74) is 1.07. The highest BCUT2D eigenvalue weighted by molar-refractivity contribution is 5.48. The summed E-state index contributed by atoms with van der Waals surface area (Å²) in [6, 6.07) is 7.45. The molecule has 0 fully saturated rings. The second-order valence-electron chi connectivity index (χ2n) is 4.18. The molecule has 0 amide bonds. The Bertz CT molecular complexity index is 587. The molecular formula is C14H14N2O3. The Kier molecular flexibility index (Phi) is 3.20. The fraction of sp³-hybridized carbons (Fsp3) is 0.214. The molecule has 1 aromatic heterocycles. The number of fused-ring (bicyclic) bond motifs is 1. The van der Waals surface area contributed by atoms with Crippen LogP contribution in [-0.2, 0) is 6.54 Å². The summed E-state index contributed by atoms with van der Waals surface area (Å²) in [7, 11) is 1.89. The van der Waals surface area contributed by atoms with E-state index in [0.717, 1.165) is 17.9 Å². The van der Waals surface area contributed by atoms with Crippen LogP contribution in [0.5, 0.6) is 23.0 Å². The van der Waals surface area contributed by atoms with E-state index in [1.807, 2.05) is 37.5 Å². The van der Waals surface area contributed by atoms with Gasteiger partial charge in [-0.15, -0.1) is 0 Å². The van der Waals surface area contributed by atoms with E-state index >= 15 is 0 Å². The zero-order valence-electron chi connectivity index (χ0n) is 10.6. The van der Waals surface area contributed by atoms with Crippen LogP contribution in [0.2, 0.25) is 0 Å². The minimum Gasteiger partial charge on any atom is -0.456 e. The minimum absolute atomic E-state index is 0.262. The largest absolute Gasteiger partial charge is 0.456 e. The Hall–Kier alpha value is -2.27. The van der Waals surface area contributed by atoms with Crippen molar-refractivity contribution in [3.8, 4) is 23.0 Å². The smallest absolute Gasteiger partial charge is 0.231 e. The number of nitrogens with one attached hydrogen (secondary N) is 1. The number of aromatic nitrogens is 1. The Balaban J connectivity index is 1.79. The van der Waals surface area contributed by atoms with Gasteiger partial charge in [-0.05, 0) is 30.8 Å². The molecule has 0 aliphatic carbocycles. The van der Waals surface area contributed by atoms with Crippen LogP contribution < -0.4 is 19.5 Å². The summed E-state index contributed by atoms with van der Waals surface area (Å²) in [6.07, 6.45) is 3.49. The lowest BCUT2D eigenvalue weighted by Crippen LogP contribution is -2.05. The quantitative estimate of drug-likeness (QED) is 0.912. The summed E-state index contributed by atoms with van der Waals surface area (Å²) in [5, 5.41) is 3.08. The fourth-order valence-corrected chi connectivity index (χ4v) is 1.90. The van der Waals surface area contributed by atoms with Gasteiger partial charge >= 0.3 is 0 Å². The molecule has 1 N–H and O–H groups in total. The summed E-state index contributed by atoms with van der Waals surface area (Å²) < 4.78 is 16.3. The van der Waals surface area contributed by atoms with Crippen molar-refractivity contribution in [2.45, 2.75) is 6.54 Å². The standard InChI is InChI=1S/C14H14N2O3/c1-15-6-10-4-12(8-16-7-10)19-11-2-3-13-14(5-11)18-9-17-13/h2-5,7-8,15H,6,9H2,1H3. The highest BCUT2D eigenvalue weighted by atomic mass is 16.7. The summed E-state index contributed by atoms with van der Waals surface area (Å²) >= 11 is 0. The Morgan fingerprint density at radius 3 is 2.95 bits per heavy atom. The van der Waals surface area contributed by atoms with Gasteiger partial charge in [-0.2, -0.15) is 0 Å². The van der Waals surface area contributed by atoms with Crippen molar-refractivity contribution < 1.29 is 14.2 Å². The Morgan fingerprint density at radius 1 is 1.16 bits per heavy atom. The lowest BCUT2D eigenvalue weighted by Gasteiger charge is -2.07. The Morgan fingerprint density at radius 2 is 2.05 bits per heavy atom. The van der Waals surface area contributed by atoms with E-state index in [1.165, 1.54) is 0 Å². The molecule has 0 bridgehead atoms. The normalized spacial score (nSPS) is 12.5. The molecule has 0 radical (unpaired) electrons. The van der Waals surface area contributed by atoms with Crippen molar-refractivity contribution in [2.75, 3.05) is 13.8 Å². The topological polar surface area (TPSA) is 52.6 Å². The summed E-state index contributed by atoms with van der Waals surface area (Å²) in [4.78, 5) is 4.15. The molecule has 5 nitrogen and oxygen atoms in total. The highest BCUT2D eigenvalue weighted by Crippen LogP contribution is 2.36. The maximum absolute atomic E-state index is 5.76. The molecule has 2 aromatic rings. The van der Waals surface area contributed by atoms with Crippen LogP contribution in [0, 0.1) is 0 Å². The highest BCUT2D eigenvalue weighted by Gasteiger charge is 2.14. The number of rotatable bonds is 4. The van der Waals surface area contributed by atoms with E-state index in [9.17, 15) is 0 Å². The van der Waals surface area contributed by atoms with Crippen LogP contribution in [0.3, 0.4) is 0 Å². The fourth-order valence-electron chi connectivity index (χ4n) is 1.90. The van der Waals surface area contributed by atoms with E-state index in [2.05, 4.69) is 10.3 Å². The van der Waals surface area contributed by atoms with Crippen molar-refractivity contribution in [3.63, 3.8) is 0 Å². The summed E-state index contributed by atoms with van der Waals surface area (Å²) in [5.74, 6) is 2.85. The SMILES string of the molecule is CNCc1cncc(Oc2ccc3c(c2)OCO3)c1. The third kappa shape index (κ3) is 2.61. The lowest BCUT2D eigenvalue weighted by atomic mass is 10.2. The van der Waals surface area contributed by atoms with Crippen molar-refractivity contribution >= 4 is 0 Å². The van der Waals surface area contributed by atoms with E-state index < -0.39 is 0 Å². The maximum Gasteiger partial charge on any atom is 0.231 e. The second kappa shape index (κ2) is 5.16. The van der Waals surface area contributed by atoms with Crippen LogP contribution in [-0.4, -0.2) is 18.8 Å². The van der Waals surface area contributed by atoms with Gasteiger partial charge in [0, 0.05) is 18.8 Å². The monoisotopic (exact) mass is 258 g/mol. The predicted molar refractivity (Wildman–Crippen MR) is 69.6 cm³/mol. The molecule has 1 aliphatic rings. The van der Waals surface area contributed by atoms with Crippen LogP contribution in [0.25, 0.3) is 0 Å². The van der Waals surface area contributed by atoms with E-state index in [4.69, 9.17) is 14.2 Å². The molecule has 0 unspecified atom stereocenters. The minimum atomic E-state index is 0.262. The Labute approximate surface area is 111 Å². The van der Waals surface area contributed by atoms with Crippen molar-refractivity contribution in [3.05, 3.63) is 42.2 Å². The second-order valence-corrected chi connectivity index (χ2v) is 4.18. The average Bonchev–Trinajstić information content (AvgIpc) is 2.87. The number of benzene rings is 1. The third-order valence-corrected chi connectivity index (χ3v) is 2.73. The molecular weight excluding hydrogens is 244 g/mol. The van der Waals surface area contributed by atoms with Gasteiger partial charge in [0.1, 0.15) is 11.5 Å². The van der Waals surface area contributed by atoms with Crippen LogP contribution in [0.1, 0.15) is 5.56 Å². The maximum atomic E-state index is 5.76. The summed E-state index contributed by atoms with van der Waals surface area (Å²) in [6.45, 7) is 1.02. The molecule has 1 aromatic carbocycles.